The van der Waals surface area contributed by atoms with Crippen molar-refractivity contribution >= 4 is 22.3 Å². The van der Waals surface area contributed by atoms with Crippen LogP contribution in [0.25, 0.3) is 10.9 Å². The van der Waals surface area contributed by atoms with Crippen molar-refractivity contribution in [2.75, 3.05) is 19.0 Å². The molecule has 2 aromatic rings. The molecule has 0 amide bonds. The van der Waals surface area contributed by atoms with Crippen LogP contribution in [0.5, 0.6) is 0 Å². The van der Waals surface area contributed by atoms with Crippen LogP contribution in [0, 0.1) is 10.1 Å². The van der Waals surface area contributed by atoms with Crippen molar-refractivity contribution in [3.05, 3.63) is 38.9 Å². The molecular formula is C13H16N4O4. The van der Waals surface area contributed by atoms with Gasteiger partial charge < -0.3 is 15.0 Å². The first kappa shape index (κ1) is 14.9. The summed E-state index contributed by atoms with van der Waals surface area (Å²) in [5.41, 5.74) is 0.169. The largest absolute Gasteiger partial charge is 0.383 e. The van der Waals surface area contributed by atoms with Crippen LogP contribution in [-0.2, 0) is 4.74 Å². The van der Waals surface area contributed by atoms with Gasteiger partial charge in [0, 0.05) is 19.2 Å². The minimum absolute atomic E-state index is 0.0619. The standard InChI is InChI=1S/C13H16N4O4/c1-3-8(6-21-2)16-11-5-10-9(4-12(11)17(19)20)13(18)15-7-14-10/h4-5,7-8,16H,3,6H2,1-2H3,(H,14,15,18). The Morgan fingerprint density at radius 3 is 2.90 bits per heavy atom. The minimum atomic E-state index is -0.520. The van der Waals surface area contributed by atoms with Crippen molar-refractivity contribution in [3.63, 3.8) is 0 Å². The highest BCUT2D eigenvalue weighted by Crippen LogP contribution is 2.28. The number of nitro benzene ring substituents is 1. The second-order valence-electron chi connectivity index (χ2n) is 4.58. The smallest absolute Gasteiger partial charge is 0.293 e. The molecule has 0 aliphatic rings. The highest BCUT2D eigenvalue weighted by atomic mass is 16.6. The Balaban J connectivity index is 2.53. The summed E-state index contributed by atoms with van der Waals surface area (Å²) < 4.78 is 5.07. The Hall–Kier alpha value is -2.48. The molecule has 21 heavy (non-hydrogen) atoms. The van der Waals surface area contributed by atoms with Gasteiger partial charge >= 0.3 is 0 Å². The first-order valence-corrected chi connectivity index (χ1v) is 6.48. The molecule has 0 saturated heterocycles. The van der Waals surface area contributed by atoms with Gasteiger partial charge in [-0.1, -0.05) is 6.92 Å². The molecule has 1 atom stereocenters. The predicted octanol–water partition coefficient (Wildman–Crippen LogP) is 1.67. The van der Waals surface area contributed by atoms with Gasteiger partial charge in [0.25, 0.3) is 11.2 Å². The Kier molecular flexibility index (Phi) is 4.49. The lowest BCUT2D eigenvalue weighted by molar-refractivity contribution is -0.383. The van der Waals surface area contributed by atoms with E-state index in [1.165, 1.54) is 18.5 Å². The van der Waals surface area contributed by atoms with Gasteiger partial charge in [-0.05, 0) is 12.5 Å². The molecule has 112 valence electrons. The fourth-order valence-electron chi connectivity index (χ4n) is 2.05. The molecule has 2 N–H and O–H groups in total. The van der Waals surface area contributed by atoms with E-state index in [1.807, 2.05) is 6.92 Å². The number of methoxy groups -OCH3 is 1. The Morgan fingerprint density at radius 1 is 1.52 bits per heavy atom. The number of benzene rings is 1. The van der Waals surface area contributed by atoms with E-state index >= 15 is 0 Å². The number of nitrogens with zero attached hydrogens (tertiary/aromatic N) is 2. The molecular weight excluding hydrogens is 276 g/mol. The summed E-state index contributed by atoms with van der Waals surface area (Å²) in [5.74, 6) is 0. The van der Waals surface area contributed by atoms with Gasteiger partial charge in [-0.15, -0.1) is 0 Å². The lowest BCUT2D eigenvalue weighted by atomic mass is 10.1. The first-order chi connectivity index (χ1) is 10.1. The van der Waals surface area contributed by atoms with E-state index in [-0.39, 0.29) is 17.1 Å². The van der Waals surface area contributed by atoms with Crippen LogP contribution in [0.4, 0.5) is 11.4 Å². The van der Waals surface area contributed by atoms with Crippen molar-refractivity contribution in [1.29, 1.82) is 0 Å². The maximum atomic E-state index is 11.7. The molecule has 0 spiro atoms. The summed E-state index contributed by atoms with van der Waals surface area (Å²) in [6.07, 6.45) is 2.01. The zero-order valence-electron chi connectivity index (χ0n) is 11.8. The van der Waals surface area contributed by atoms with E-state index in [0.29, 0.717) is 17.8 Å². The molecule has 0 aliphatic carbocycles. The summed E-state index contributed by atoms with van der Waals surface area (Å²) in [5, 5.41) is 14.5. The Morgan fingerprint density at radius 2 is 2.29 bits per heavy atom. The molecule has 0 aliphatic heterocycles. The van der Waals surface area contributed by atoms with Gasteiger partial charge in [-0.2, -0.15) is 0 Å². The lowest BCUT2D eigenvalue weighted by Crippen LogP contribution is -2.24. The molecule has 1 aromatic heterocycles. The highest BCUT2D eigenvalue weighted by Gasteiger charge is 2.19. The molecule has 0 radical (unpaired) electrons. The van der Waals surface area contributed by atoms with Gasteiger partial charge in [0.1, 0.15) is 5.69 Å². The fourth-order valence-corrected chi connectivity index (χ4v) is 2.05. The molecule has 1 unspecified atom stereocenters. The quantitative estimate of drug-likeness (QED) is 0.619. The van der Waals surface area contributed by atoms with Crippen molar-refractivity contribution in [3.8, 4) is 0 Å². The van der Waals surface area contributed by atoms with Crippen LogP contribution in [0.3, 0.4) is 0 Å². The van der Waals surface area contributed by atoms with E-state index in [2.05, 4.69) is 15.3 Å². The topological polar surface area (TPSA) is 110 Å². The number of fused-ring (bicyclic) bond motifs is 1. The number of aromatic nitrogens is 2. The number of anilines is 1. The van der Waals surface area contributed by atoms with E-state index in [4.69, 9.17) is 4.74 Å². The van der Waals surface area contributed by atoms with Crippen molar-refractivity contribution in [1.82, 2.24) is 9.97 Å². The first-order valence-electron chi connectivity index (χ1n) is 6.48. The Labute approximate surface area is 120 Å². The summed E-state index contributed by atoms with van der Waals surface area (Å²) in [7, 11) is 1.57. The number of hydrogen-bond donors (Lipinski definition) is 2. The molecule has 2 rings (SSSR count). The van der Waals surface area contributed by atoms with E-state index in [1.54, 1.807) is 7.11 Å². The van der Waals surface area contributed by atoms with Crippen LogP contribution >= 0.6 is 0 Å². The van der Waals surface area contributed by atoms with Crippen LogP contribution in [0.15, 0.2) is 23.3 Å². The van der Waals surface area contributed by atoms with E-state index in [9.17, 15) is 14.9 Å². The normalized spacial score (nSPS) is 12.3. The second kappa shape index (κ2) is 6.31. The molecule has 8 nitrogen and oxygen atoms in total. The minimum Gasteiger partial charge on any atom is -0.383 e. The predicted molar refractivity (Wildman–Crippen MR) is 78.6 cm³/mol. The van der Waals surface area contributed by atoms with Gasteiger partial charge in [-0.25, -0.2) is 4.98 Å². The summed E-state index contributed by atoms with van der Waals surface area (Å²) in [6, 6.07) is 2.69. The number of rotatable bonds is 6. The molecule has 0 saturated carbocycles. The van der Waals surface area contributed by atoms with Crippen molar-refractivity contribution < 1.29 is 9.66 Å². The summed E-state index contributed by atoms with van der Waals surface area (Å²) >= 11 is 0. The average molecular weight is 292 g/mol. The molecule has 8 heteroatoms. The van der Waals surface area contributed by atoms with Crippen LogP contribution < -0.4 is 10.9 Å². The molecule has 0 fully saturated rings. The number of aromatic amines is 1. The maximum Gasteiger partial charge on any atom is 0.293 e. The van der Waals surface area contributed by atoms with Crippen LogP contribution in [0.1, 0.15) is 13.3 Å². The SMILES string of the molecule is CCC(COC)Nc1cc2nc[nH]c(=O)c2cc1[N+](=O)[O-]. The number of nitro groups is 1. The zero-order valence-corrected chi connectivity index (χ0v) is 11.8. The maximum absolute atomic E-state index is 11.7. The summed E-state index contributed by atoms with van der Waals surface area (Å²) in [6.45, 7) is 2.38. The van der Waals surface area contributed by atoms with E-state index in [0.717, 1.165) is 6.42 Å². The van der Waals surface area contributed by atoms with Gasteiger partial charge in [0.2, 0.25) is 0 Å². The fraction of sp³-hybridized carbons (Fsp3) is 0.385. The van der Waals surface area contributed by atoms with Crippen LogP contribution in [0.2, 0.25) is 0 Å². The number of hydrogen-bond acceptors (Lipinski definition) is 6. The monoisotopic (exact) mass is 292 g/mol. The average Bonchev–Trinajstić information content (AvgIpc) is 2.46. The molecule has 1 heterocycles. The zero-order chi connectivity index (χ0) is 15.4. The van der Waals surface area contributed by atoms with Crippen LogP contribution in [-0.4, -0.2) is 34.6 Å². The number of ether oxygens (including phenoxy) is 1. The lowest BCUT2D eigenvalue weighted by Gasteiger charge is -2.17. The third-order valence-electron chi connectivity index (χ3n) is 3.17. The van der Waals surface area contributed by atoms with Crippen molar-refractivity contribution in [2.24, 2.45) is 0 Å². The molecule has 0 bridgehead atoms. The third kappa shape index (κ3) is 3.16. The Bertz CT molecular complexity index is 713. The van der Waals surface area contributed by atoms with E-state index < -0.39 is 10.5 Å². The summed E-state index contributed by atoms with van der Waals surface area (Å²) in [4.78, 5) is 28.8. The number of nitrogens with one attached hydrogen (secondary N) is 2. The molecule has 1 aromatic carbocycles. The highest BCUT2D eigenvalue weighted by molar-refractivity contribution is 5.86. The third-order valence-corrected chi connectivity index (χ3v) is 3.17. The van der Waals surface area contributed by atoms with Gasteiger partial charge in [0.15, 0.2) is 0 Å². The van der Waals surface area contributed by atoms with Gasteiger partial charge in [-0.3, -0.25) is 14.9 Å². The van der Waals surface area contributed by atoms with Gasteiger partial charge in [0.05, 0.1) is 28.8 Å². The number of H-pyrrole nitrogens is 1. The van der Waals surface area contributed by atoms with Crippen molar-refractivity contribution in [2.45, 2.75) is 19.4 Å². The second-order valence-corrected chi connectivity index (χ2v) is 4.58.